The van der Waals surface area contributed by atoms with Crippen molar-refractivity contribution in [2.24, 2.45) is 0 Å². The van der Waals surface area contributed by atoms with E-state index in [-0.39, 0.29) is 6.61 Å². The normalized spacial score (nSPS) is 11.3. The van der Waals surface area contributed by atoms with Crippen molar-refractivity contribution >= 4 is 17.3 Å². The standard InChI is InChI=1S/C24H23F3O4S/c1-4-29-23(28)14-31-20-10-9-19(11-15(20)2)30-13-22-16(3)12-21(32-22)17-5-7-18(8-6-17)24(25,26)27/h5-12H,4,13-14H2,1-3H3. The van der Waals surface area contributed by atoms with E-state index in [2.05, 4.69) is 0 Å². The molecular formula is C24H23F3O4S. The van der Waals surface area contributed by atoms with Gasteiger partial charge in [0, 0.05) is 9.75 Å². The highest BCUT2D eigenvalue weighted by Gasteiger charge is 2.30. The second kappa shape index (κ2) is 10.1. The number of rotatable bonds is 8. The van der Waals surface area contributed by atoms with Gasteiger partial charge in [-0.3, -0.25) is 0 Å². The average Bonchev–Trinajstić information content (AvgIpc) is 3.12. The predicted octanol–water partition coefficient (Wildman–Crippen LogP) is 6.57. The Labute approximate surface area is 188 Å². The summed E-state index contributed by atoms with van der Waals surface area (Å²) in [5.41, 5.74) is 1.90. The van der Waals surface area contributed by atoms with Crippen molar-refractivity contribution in [3.05, 3.63) is 70.1 Å². The lowest BCUT2D eigenvalue weighted by molar-refractivity contribution is -0.145. The Bertz CT molecular complexity index is 1070. The molecule has 3 aromatic rings. The average molecular weight is 465 g/mol. The number of halogens is 3. The molecule has 1 aromatic heterocycles. The van der Waals surface area contributed by atoms with Crippen LogP contribution in [0.4, 0.5) is 13.2 Å². The van der Waals surface area contributed by atoms with E-state index in [0.717, 1.165) is 38.6 Å². The van der Waals surface area contributed by atoms with Gasteiger partial charge in [-0.1, -0.05) is 12.1 Å². The van der Waals surface area contributed by atoms with Crippen LogP contribution in [-0.2, 0) is 22.3 Å². The highest BCUT2D eigenvalue weighted by atomic mass is 32.1. The predicted molar refractivity (Wildman–Crippen MR) is 117 cm³/mol. The van der Waals surface area contributed by atoms with Crippen molar-refractivity contribution in [2.45, 2.75) is 33.6 Å². The zero-order valence-electron chi connectivity index (χ0n) is 17.9. The Morgan fingerprint density at radius 1 is 0.969 bits per heavy atom. The maximum Gasteiger partial charge on any atom is 0.416 e. The molecule has 0 atom stereocenters. The highest BCUT2D eigenvalue weighted by Crippen LogP contribution is 2.35. The molecule has 170 valence electrons. The summed E-state index contributed by atoms with van der Waals surface area (Å²) in [6.07, 6.45) is -4.35. The monoisotopic (exact) mass is 464 g/mol. The fourth-order valence-corrected chi connectivity index (χ4v) is 4.08. The van der Waals surface area contributed by atoms with Crippen LogP contribution in [0.25, 0.3) is 10.4 Å². The summed E-state index contributed by atoms with van der Waals surface area (Å²) in [5, 5.41) is 0. The van der Waals surface area contributed by atoms with Gasteiger partial charge in [-0.15, -0.1) is 11.3 Å². The van der Waals surface area contributed by atoms with Crippen molar-refractivity contribution in [1.29, 1.82) is 0 Å². The third kappa shape index (κ3) is 6.03. The zero-order chi connectivity index (χ0) is 23.3. The smallest absolute Gasteiger partial charge is 0.416 e. The highest BCUT2D eigenvalue weighted by molar-refractivity contribution is 7.15. The number of ether oxygens (including phenoxy) is 3. The van der Waals surface area contributed by atoms with E-state index < -0.39 is 17.7 Å². The minimum Gasteiger partial charge on any atom is -0.488 e. The van der Waals surface area contributed by atoms with Crippen molar-refractivity contribution < 1.29 is 32.2 Å². The van der Waals surface area contributed by atoms with E-state index in [9.17, 15) is 18.0 Å². The topological polar surface area (TPSA) is 44.8 Å². The van der Waals surface area contributed by atoms with Crippen LogP contribution in [0.5, 0.6) is 11.5 Å². The molecule has 0 radical (unpaired) electrons. The van der Waals surface area contributed by atoms with Crippen LogP contribution in [0.1, 0.15) is 28.5 Å². The molecule has 1 heterocycles. The van der Waals surface area contributed by atoms with Crippen molar-refractivity contribution in [3.8, 4) is 21.9 Å². The molecular weight excluding hydrogens is 441 g/mol. The van der Waals surface area contributed by atoms with Gasteiger partial charge in [-0.05, 0) is 73.9 Å². The summed E-state index contributed by atoms with van der Waals surface area (Å²) in [6.45, 7) is 6.01. The third-order valence-corrected chi connectivity index (χ3v) is 5.94. The van der Waals surface area contributed by atoms with E-state index in [4.69, 9.17) is 14.2 Å². The first-order valence-corrected chi connectivity index (χ1v) is 10.8. The van der Waals surface area contributed by atoms with E-state index in [0.29, 0.717) is 24.7 Å². The van der Waals surface area contributed by atoms with Crippen molar-refractivity contribution in [1.82, 2.24) is 0 Å². The summed E-state index contributed by atoms with van der Waals surface area (Å²) < 4.78 is 54.5. The molecule has 0 fully saturated rings. The number of carbonyl (C=O) groups excluding carboxylic acids is 1. The van der Waals surface area contributed by atoms with E-state index >= 15 is 0 Å². The van der Waals surface area contributed by atoms with E-state index in [1.54, 1.807) is 19.1 Å². The number of hydrogen-bond acceptors (Lipinski definition) is 5. The van der Waals surface area contributed by atoms with Crippen LogP contribution in [0.15, 0.2) is 48.5 Å². The summed E-state index contributed by atoms with van der Waals surface area (Å²) in [7, 11) is 0. The minimum atomic E-state index is -4.35. The molecule has 0 amide bonds. The Morgan fingerprint density at radius 3 is 2.31 bits per heavy atom. The maximum absolute atomic E-state index is 12.8. The van der Waals surface area contributed by atoms with Gasteiger partial charge in [0.15, 0.2) is 6.61 Å². The molecule has 0 aliphatic carbocycles. The molecule has 2 aromatic carbocycles. The fourth-order valence-electron chi connectivity index (χ4n) is 2.99. The van der Waals surface area contributed by atoms with Crippen LogP contribution in [0, 0.1) is 13.8 Å². The zero-order valence-corrected chi connectivity index (χ0v) is 18.7. The summed E-state index contributed by atoms with van der Waals surface area (Å²) in [5.74, 6) is 0.793. The van der Waals surface area contributed by atoms with Gasteiger partial charge < -0.3 is 14.2 Å². The third-order valence-electron chi connectivity index (χ3n) is 4.68. The Hall–Kier alpha value is -3.00. The first-order chi connectivity index (χ1) is 15.2. The first-order valence-electron chi connectivity index (χ1n) is 9.96. The summed E-state index contributed by atoms with van der Waals surface area (Å²) in [6, 6.07) is 12.4. The molecule has 0 N–H and O–H groups in total. The fraction of sp³-hybridized carbons (Fsp3) is 0.292. The molecule has 0 unspecified atom stereocenters. The Balaban J connectivity index is 1.63. The van der Waals surface area contributed by atoms with Gasteiger partial charge in [0.2, 0.25) is 0 Å². The van der Waals surface area contributed by atoms with Gasteiger partial charge in [-0.2, -0.15) is 13.2 Å². The van der Waals surface area contributed by atoms with Gasteiger partial charge in [0.05, 0.1) is 12.2 Å². The first kappa shape index (κ1) is 23.7. The molecule has 0 saturated carbocycles. The van der Waals surface area contributed by atoms with Gasteiger partial charge in [0.25, 0.3) is 0 Å². The molecule has 32 heavy (non-hydrogen) atoms. The molecule has 0 aliphatic heterocycles. The Kier molecular flexibility index (Phi) is 7.45. The molecule has 0 bridgehead atoms. The number of alkyl halides is 3. The molecule has 4 nitrogen and oxygen atoms in total. The minimum absolute atomic E-state index is 0.157. The SMILES string of the molecule is CCOC(=O)COc1ccc(OCc2sc(-c3ccc(C(F)(F)F)cc3)cc2C)cc1C. The lowest BCUT2D eigenvalue weighted by Gasteiger charge is -2.11. The second-order valence-electron chi connectivity index (χ2n) is 7.10. The van der Waals surface area contributed by atoms with Crippen LogP contribution in [-0.4, -0.2) is 19.2 Å². The van der Waals surface area contributed by atoms with Crippen molar-refractivity contribution in [3.63, 3.8) is 0 Å². The Morgan fingerprint density at radius 2 is 1.69 bits per heavy atom. The largest absolute Gasteiger partial charge is 0.488 e. The maximum atomic E-state index is 12.8. The van der Waals surface area contributed by atoms with E-state index in [1.165, 1.54) is 23.5 Å². The lowest BCUT2D eigenvalue weighted by atomic mass is 10.1. The quantitative estimate of drug-likeness (QED) is 0.354. The van der Waals surface area contributed by atoms with Crippen LogP contribution in [0.3, 0.4) is 0 Å². The second-order valence-corrected chi connectivity index (χ2v) is 8.24. The van der Waals surface area contributed by atoms with Crippen molar-refractivity contribution in [2.75, 3.05) is 13.2 Å². The van der Waals surface area contributed by atoms with E-state index in [1.807, 2.05) is 26.0 Å². The van der Waals surface area contributed by atoms with Gasteiger partial charge in [0.1, 0.15) is 18.1 Å². The number of hydrogen-bond donors (Lipinski definition) is 0. The molecule has 0 spiro atoms. The summed E-state index contributed by atoms with van der Waals surface area (Å²) in [4.78, 5) is 13.3. The van der Waals surface area contributed by atoms with Crippen LogP contribution >= 0.6 is 11.3 Å². The lowest BCUT2D eigenvalue weighted by Crippen LogP contribution is -2.14. The van der Waals surface area contributed by atoms with Gasteiger partial charge >= 0.3 is 12.1 Å². The number of thiophene rings is 1. The number of aryl methyl sites for hydroxylation is 2. The molecule has 3 rings (SSSR count). The van der Waals surface area contributed by atoms with Crippen LogP contribution < -0.4 is 9.47 Å². The van der Waals surface area contributed by atoms with Crippen LogP contribution in [0.2, 0.25) is 0 Å². The molecule has 0 saturated heterocycles. The number of esters is 1. The number of benzene rings is 2. The summed E-state index contributed by atoms with van der Waals surface area (Å²) >= 11 is 1.49. The van der Waals surface area contributed by atoms with Gasteiger partial charge in [-0.25, -0.2) is 4.79 Å². The number of carbonyl (C=O) groups is 1. The molecule has 0 aliphatic rings. The molecule has 8 heteroatoms.